The molecule has 1 atom stereocenters. The Kier molecular flexibility index (Phi) is 4.69. The molecule has 1 unspecified atom stereocenters. The maximum atomic E-state index is 5.76. The summed E-state index contributed by atoms with van der Waals surface area (Å²) in [6, 6.07) is 6.38. The molecule has 0 fully saturated rings. The molecule has 1 aromatic carbocycles. The summed E-state index contributed by atoms with van der Waals surface area (Å²) in [5.41, 5.74) is 6.26. The van der Waals surface area contributed by atoms with Crippen LogP contribution >= 0.6 is 0 Å². The summed E-state index contributed by atoms with van der Waals surface area (Å²) in [4.78, 5) is 0. The molecule has 0 aromatic heterocycles. The molecule has 3 nitrogen and oxygen atoms in total. The number of hydrazine groups is 1. The minimum Gasteiger partial charge on any atom is -0.374 e. The van der Waals surface area contributed by atoms with Crippen molar-refractivity contribution < 1.29 is 4.74 Å². The van der Waals surface area contributed by atoms with Crippen molar-refractivity contribution in [1.29, 1.82) is 0 Å². The summed E-state index contributed by atoms with van der Waals surface area (Å²) >= 11 is 0. The lowest BCUT2D eigenvalue weighted by Crippen LogP contribution is -2.44. The van der Waals surface area contributed by atoms with Crippen LogP contribution in [0.1, 0.15) is 43.5 Å². The minimum atomic E-state index is -0.328. The highest BCUT2D eigenvalue weighted by molar-refractivity contribution is 5.32. The zero-order valence-corrected chi connectivity index (χ0v) is 11.5. The van der Waals surface area contributed by atoms with Crippen LogP contribution < -0.4 is 11.3 Å². The number of hydrogen-bond acceptors (Lipinski definition) is 3. The molecule has 0 aliphatic carbocycles. The molecule has 1 aromatic rings. The van der Waals surface area contributed by atoms with Crippen molar-refractivity contribution in [3.63, 3.8) is 0 Å². The van der Waals surface area contributed by atoms with Crippen LogP contribution in [0, 0.1) is 13.8 Å². The van der Waals surface area contributed by atoms with Crippen molar-refractivity contribution in [2.75, 3.05) is 6.61 Å². The standard InChI is InChI=1S/C14H24N2O/c1-6-17-14(4,5)13(16-15)12-8-7-10(2)11(3)9-12/h7-9,13,16H,6,15H2,1-5H3. The van der Waals surface area contributed by atoms with E-state index in [1.54, 1.807) is 0 Å². The summed E-state index contributed by atoms with van der Waals surface area (Å²) in [7, 11) is 0. The Balaban J connectivity index is 3.05. The molecule has 17 heavy (non-hydrogen) atoms. The Labute approximate surface area is 104 Å². The molecule has 0 saturated carbocycles. The largest absolute Gasteiger partial charge is 0.374 e. The zero-order valence-electron chi connectivity index (χ0n) is 11.5. The van der Waals surface area contributed by atoms with E-state index < -0.39 is 0 Å². The Bertz CT molecular complexity index is 374. The van der Waals surface area contributed by atoms with Gasteiger partial charge in [-0.1, -0.05) is 18.2 Å². The molecule has 3 N–H and O–H groups in total. The minimum absolute atomic E-state index is 0.0123. The second-order valence-corrected chi connectivity index (χ2v) is 4.98. The van der Waals surface area contributed by atoms with Gasteiger partial charge in [0, 0.05) is 6.61 Å². The van der Waals surface area contributed by atoms with Gasteiger partial charge in [0.1, 0.15) is 0 Å². The lowest BCUT2D eigenvalue weighted by Gasteiger charge is -2.34. The summed E-state index contributed by atoms with van der Waals surface area (Å²) in [5.74, 6) is 5.68. The highest BCUT2D eigenvalue weighted by Crippen LogP contribution is 2.29. The molecule has 96 valence electrons. The Hall–Kier alpha value is -0.900. The number of nitrogens with one attached hydrogen (secondary N) is 1. The normalized spacial score (nSPS) is 13.8. The van der Waals surface area contributed by atoms with Gasteiger partial charge in [-0.3, -0.25) is 11.3 Å². The summed E-state index contributed by atoms with van der Waals surface area (Å²) in [6.45, 7) is 11.0. The lowest BCUT2D eigenvalue weighted by molar-refractivity contribution is -0.0392. The summed E-state index contributed by atoms with van der Waals surface area (Å²) in [5, 5.41) is 0. The highest BCUT2D eigenvalue weighted by atomic mass is 16.5. The van der Waals surface area contributed by atoms with E-state index in [-0.39, 0.29) is 11.6 Å². The van der Waals surface area contributed by atoms with Crippen molar-refractivity contribution in [3.8, 4) is 0 Å². The number of nitrogens with two attached hydrogens (primary N) is 1. The number of hydrogen-bond donors (Lipinski definition) is 2. The van der Waals surface area contributed by atoms with E-state index in [1.165, 1.54) is 11.1 Å². The van der Waals surface area contributed by atoms with Gasteiger partial charge in [-0.05, 0) is 51.3 Å². The molecule has 1 rings (SSSR count). The molecule has 0 heterocycles. The predicted molar refractivity (Wildman–Crippen MR) is 71.7 cm³/mol. The molecule has 3 heteroatoms. The fraction of sp³-hybridized carbons (Fsp3) is 0.571. The summed E-state index contributed by atoms with van der Waals surface area (Å²) in [6.07, 6.45) is 0. The SMILES string of the molecule is CCOC(C)(C)C(NN)c1ccc(C)c(C)c1. The second-order valence-electron chi connectivity index (χ2n) is 4.98. The van der Waals surface area contributed by atoms with Gasteiger partial charge in [-0.15, -0.1) is 0 Å². The second kappa shape index (κ2) is 5.63. The van der Waals surface area contributed by atoms with Gasteiger partial charge in [0.15, 0.2) is 0 Å². The molecule has 0 bridgehead atoms. The topological polar surface area (TPSA) is 47.3 Å². The van der Waals surface area contributed by atoms with Crippen LogP contribution in [0.3, 0.4) is 0 Å². The maximum absolute atomic E-state index is 5.76. The first-order valence-corrected chi connectivity index (χ1v) is 6.09. The third-order valence-corrected chi connectivity index (χ3v) is 3.24. The number of aryl methyl sites for hydroxylation is 2. The average molecular weight is 236 g/mol. The quantitative estimate of drug-likeness (QED) is 0.610. The van der Waals surface area contributed by atoms with Crippen LogP contribution in [0.25, 0.3) is 0 Å². The van der Waals surface area contributed by atoms with Gasteiger partial charge in [0.25, 0.3) is 0 Å². The number of ether oxygens (including phenoxy) is 1. The molecule has 0 aliphatic rings. The average Bonchev–Trinajstić information content (AvgIpc) is 2.23. The van der Waals surface area contributed by atoms with E-state index >= 15 is 0 Å². The van der Waals surface area contributed by atoms with Crippen LogP contribution in [-0.2, 0) is 4.74 Å². The Morgan fingerprint density at radius 1 is 1.29 bits per heavy atom. The van der Waals surface area contributed by atoms with Gasteiger partial charge in [-0.2, -0.15) is 0 Å². The van der Waals surface area contributed by atoms with E-state index in [0.717, 1.165) is 5.56 Å². The van der Waals surface area contributed by atoms with Gasteiger partial charge < -0.3 is 4.74 Å². The van der Waals surface area contributed by atoms with Crippen LogP contribution in [-0.4, -0.2) is 12.2 Å². The molecular formula is C14H24N2O. The van der Waals surface area contributed by atoms with E-state index in [0.29, 0.717) is 6.61 Å². The first-order chi connectivity index (χ1) is 7.92. The molecule has 0 amide bonds. The fourth-order valence-electron chi connectivity index (χ4n) is 2.10. The van der Waals surface area contributed by atoms with Gasteiger partial charge in [0.05, 0.1) is 11.6 Å². The molecule has 0 saturated heterocycles. The van der Waals surface area contributed by atoms with Crippen LogP contribution in [0.4, 0.5) is 0 Å². The Morgan fingerprint density at radius 2 is 1.94 bits per heavy atom. The third kappa shape index (κ3) is 3.28. The van der Waals surface area contributed by atoms with Crippen molar-refractivity contribution in [3.05, 3.63) is 34.9 Å². The van der Waals surface area contributed by atoms with Crippen LogP contribution in [0.15, 0.2) is 18.2 Å². The number of rotatable bonds is 5. The maximum Gasteiger partial charge on any atom is 0.0833 e. The predicted octanol–water partition coefficient (Wildman–Crippen LogP) is 2.62. The van der Waals surface area contributed by atoms with E-state index in [9.17, 15) is 0 Å². The molecule has 0 spiro atoms. The smallest absolute Gasteiger partial charge is 0.0833 e. The van der Waals surface area contributed by atoms with Gasteiger partial charge >= 0.3 is 0 Å². The third-order valence-electron chi connectivity index (χ3n) is 3.24. The van der Waals surface area contributed by atoms with E-state index in [2.05, 4.69) is 51.3 Å². The van der Waals surface area contributed by atoms with Crippen molar-refractivity contribution in [2.24, 2.45) is 5.84 Å². The van der Waals surface area contributed by atoms with Crippen LogP contribution in [0.5, 0.6) is 0 Å². The lowest BCUT2D eigenvalue weighted by atomic mass is 9.90. The summed E-state index contributed by atoms with van der Waals surface area (Å²) < 4.78 is 5.76. The van der Waals surface area contributed by atoms with Crippen molar-refractivity contribution >= 4 is 0 Å². The fourth-order valence-corrected chi connectivity index (χ4v) is 2.10. The molecular weight excluding hydrogens is 212 g/mol. The highest BCUT2D eigenvalue weighted by Gasteiger charge is 2.30. The molecule has 0 aliphatic heterocycles. The van der Waals surface area contributed by atoms with Gasteiger partial charge in [-0.25, -0.2) is 0 Å². The number of benzene rings is 1. The zero-order chi connectivity index (χ0) is 13.1. The first-order valence-electron chi connectivity index (χ1n) is 6.09. The monoisotopic (exact) mass is 236 g/mol. The van der Waals surface area contributed by atoms with Gasteiger partial charge in [0.2, 0.25) is 0 Å². The first kappa shape index (κ1) is 14.2. The van der Waals surface area contributed by atoms with Crippen molar-refractivity contribution in [1.82, 2.24) is 5.43 Å². The van der Waals surface area contributed by atoms with E-state index in [4.69, 9.17) is 10.6 Å². The van der Waals surface area contributed by atoms with Crippen LogP contribution in [0.2, 0.25) is 0 Å². The van der Waals surface area contributed by atoms with E-state index in [1.807, 2.05) is 6.92 Å². The van der Waals surface area contributed by atoms with Crippen molar-refractivity contribution in [2.45, 2.75) is 46.3 Å². The Morgan fingerprint density at radius 3 is 2.41 bits per heavy atom. The molecule has 0 radical (unpaired) electrons.